The van der Waals surface area contributed by atoms with Crippen molar-refractivity contribution < 1.29 is 14.5 Å². The number of methoxy groups -OCH3 is 1. The number of nitrogens with one attached hydrogen (secondary N) is 1. The summed E-state index contributed by atoms with van der Waals surface area (Å²) in [6.07, 6.45) is 1.51. The molecule has 0 saturated carbocycles. The Morgan fingerprint density at radius 1 is 1.18 bits per heavy atom. The van der Waals surface area contributed by atoms with Crippen LogP contribution in [-0.4, -0.2) is 35.9 Å². The third kappa shape index (κ3) is 3.31. The van der Waals surface area contributed by atoms with Crippen LogP contribution in [-0.2, 0) is 17.8 Å². The van der Waals surface area contributed by atoms with Crippen LogP contribution in [0.2, 0.25) is 0 Å². The van der Waals surface area contributed by atoms with Gasteiger partial charge in [0.15, 0.2) is 0 Å². The lowest BCUT2D eigenvalue weighted by Gasteiger charge is -2.31. The molecule has 2 aliphatic rings. The molecule has 0 spiro atoms. The van der Waals surface area contributed by atoms with Crippen molar-refractivity contribution in [2.45, 2.75) is 19.4 Å². The van der Waals surface area contributed by atoms with Crippen LogP contribution in [0.1, 0.15) is 23.1 Å². The van der Waals surface area contributed by atoms with Gasteiger partial charge in [-0.3, -0.25) is 14.9 Å². The highest BCUT2D eigenvalue weighted by molar-refractivity contribution is 6.02. The molecule has 1 aliphatic carbocycles. The Hall–Kier alpha value is -3.35. The van der Waals surface area contributed by atoms with Crippen LogP contribution < -0.4 is 10.1 Å². The first-order valence-electron chi connectivity index (χ1n) is 9.23. The van der Waals surface area contributed by atoms with Gasteiger partial charge in [-0.15, -0.1) is 0 Å². The second-order valence-electron chi connectivity index (χ2n) is 6.95. The van der Waals surface area contributed by atoms with E-state index in [9.17, 15) is 14.9 Å². The molecule has 2 aromatic carbocycles. The number of ether oxygens (including phenoxy) is 1. The Balaban J connectivity index is 1.74. The van der Waals surface area contributed by atoms with Crippen molar-refractivity contribution in [3.63, 3.8) is 0 Å². The van der Waals surface area contributed by atoms with E-state index in [0.717, 1.165) is 34.6 Å². The zero-order chi connectivity index (χ0) is 19.7. The summed E-state index contributed by atoms with van der Waals surface area (Å²) in [4.78, 5) is 25.3. The number of hydrogen-bond donors (Lipinski definition) is 1. The first kappa shape index (κ1) is 18.0. The van der Waals surface area contributed by atoms with E-state index in [2.05, 4.69) is 16.3 Å². The van der Waals surface area contributed by atoms with E-state index < -0.39 is 4.92 Å². The first-order valence-corrected chi connectivity index (χ1v) is 9.23. The summed E-state index contributed by atoms with van der Waals surface area (Å²) in [5, 5.41) is 13.9. The van der Waals surface area contributed by atoms with Crippen molar-refractivity contribution in [2.24, 2.45) is 0 Å². The fraction of sp³-hybridized carbons (Fsp3) is 0.286. The minimum Gasteiger partial charge on any atom is -0.497 e. The van der Waals surface area contributed by atoms with Crippen LogP contribution in [0.25, 0.3) is 5.70 Å². The monoisotopic (exact) mass is 379 g/mol. The quantitative estimate of drug-likeness (QED) is 0.652. The van der Waals surface area contributed by atoms with Crippen LogP contribution >= 0.6 is 0 Å². The predicted molar refractivity (Wildman–Crippen MR) is 105 cm³/mol. The van der Waals surface area contributed by atoms with Crippen molar-refractivity contribution >= 4 is 17.3 Å². The van der Waals surface area contributed by atoms with Crippen LogP contribution in [0.3, 0.4) is 0 Å². The van der Waals surface area contributed by atoms with Crippen LogP contribution in [0.15, 0.2) is 48.0 Å². The average molecular weight is 379 g/mol. The highest BCUT2D eigenvalue weighted by atomic mass is 16.6. The average Bonchev–Trinajstić information content (AvgIpc) is 2.87. The molecule has 28 heavy (non-hydrogen) atoms. The lowest BCUT2D eigenvalue weighted by atomic mass is 9.88. The van der Waals surface area contributed by atoms with Gasteiger partial charge in [0.25, 0.3) is 5.69 Å². The molecular weight excluding hydrogens is 358 g/mol. The van der Waals surface area contributed by atoms with E-state index in [1.807, 2.05) is 12.1 Å². The van der Waals surface area contributed by atoms with E-state index >= 15 is 0 Å². The van der Waals surface area contributed by atoms with Gasteiger partial charge in [0, 0.05) is 42.9 Å². The van der Waals surface area contributed by atoms with Gasteiger partial charge in [-0.25, -0.2) is 0 Å². The number of carbonyl (C=O) groups excluding carboxylic acids is 1. The molecule has 0 bridgehead atoms. The zero-order valence-corrected chi connectivity index (χ0v) is 15.6. The maximum atomic E-state index is 12.6. The molecule has 7 heteroatoms. The second-order valence-corrected chi connectivity index (χ2v) is 6.95. The van der Waals surface area contributed by atoms with Gasteiger partial charge in [-0.05, 0) is 36.1 Å². The molecule has 0 radical (unpaired) electrons. The smallest absolute Gasteiger partial charge is 0.269 e. The maximum absolute atomic E-state index is 12.6. The number of nitrogens with zero attached hydrogens (tertiary/aromatic N) is 2. The molecule has 144 valence electrons. The van der Waals surface area contributed by atoms with Crippen molar-refractivity contribution in [3.05, 3.63) is 74.8 Å². The molecule has 0 atom stereocenters. The van der Waals surface area contributed by atoms with E-state index in [-0.39, 0.29) is 11.6 Å². The van der Waals surface area contributed by atoms with Gasteiger partial charge in [0.05, 0.1) is 17.7 Å². The molecule has 1 heterocycles. The molecule has 1 amide bonds. The van der Waals surface area contributed by atoms with Gasteiger partial charge in [0.1, 0.15) is 5.75 Å². The van der Waals surface area contributed by atoms with Gasteiger partial charge in [-0.1, -0.05) is 18.2 Å². The van der Waals surface area contributed by atoms with Gasteiger partial charge in [-0.2, -0.15) is 0 Å². The molecule has 0 aromatic heterocycles. The highest BCUT2D eigenvalue weighted by Gasteiger charge is 2.30. The number of nitro benzene ring substituents is 1. The Kier molecular flexibility index (Phi) is 4.73. The van der Waals surface area contributed by atoms with Gasteiger partial charge in [0.2, 0.25) is 5.91 Å². The summed E-state index contributed by atoms with van der Waals surface area (Å²) < 4.78 is 5.40. The van der Waals surface area contributed by atoms with Gasteiger partial charge >= 0.3 is 0 Å². The Bertz CT molecular complexity index is 966. The van der Waals surface area contributed by atoms with Crippen LogP contribution in [0.5, 0.6) is 5.75 Å². The largest absolute Gasteiger partial charge is 0.497 e. The summed E-state index contributed by atoms with van der Waals surface area (Å²) in [5.41, 5.74) is 4.99. The van der Waals surface area contributed by atoms with E-state index in [4.69, 9.17) is 4.74 Å². The van der Waals surface area contributed by atoms with E-state index in [1.165, 1.54) is 17.7 Å². The molecule has 0 unspecified atom stereocenters. The topological polar surface area (TPSA) is 84.7 Å². The van der Waals surface area contributed by atoms with Crippen molar-refractivity contribution in [3.8, 4) is 5.75 Å². The van der Waals surface area contributed by atoms with Crippen LogP contribution in [0.4, 0.5) is 5.69 Å². The molecule has 1 aliphatic heterocycles. The molecule has 0 saturated heterocycles. The number of aryl methyl sites for hydroxylation is 1. The number of rotatable bonds is 4. The third-order valence-corrected chi connectivity index (χ3v) is 5.28. The Morgan fingerprint density at radius 2 is 1.96 bits per heavy atom. The normalized spacial score (nSPS) is 16.0. The summed E-state index contributed by atoms with van der Waals surface area (Å²) in [6.45, 7) is 1.79. The predicted octanol–water partition coefficient (Wildman–Crippen LogP) is 2.89. The molecule has 0 fully saturated rings. The number of hydrogen-bond acceptors (Lipinski definition) is 5. The number of benzene rings is 2. The number of carbonyl (C=O) groups is 1. The van der Waals surface area contributed by atoms with E-state index in [0.29, 0.717) is 26.1 Å². The lowest BCUT2D eigenvalue weighted by Crippen LogP contribution is -2.29. The first-order chi connectivity index (χ1) is 13.6. The SMILES string of the molecule is COc1ccc2c(c1)C1=C(CC2)C(=O)NCCN1Cc1ccc([N+](=O)[O-])cc1. The standard InChI is InChI=1S/C21H21N3O4/c1-28-17-8-4-15-5-9-18-20(19(15)12-17)23(11-10-22-21(18)25)13-14-2-6-16(7-3-14)24(26)27/h2-4,6-8,12H,5,9-11,13H2,1H3,(H,22,25). The molecular formula is C21H21N3O4. The van der Waals surface area contributed by atoms with Crippen LogP contribution in [0, 0.1) is 10.1 Å². The molecule has 2 aromatic rings. The summed E-state index contributed by atoms with van der Waals surface area (Å²) in [7, 11) is 1.63. The maximum Gasteiger partial charge on any atom is 0.269 e. The highest BCUT2D eigenvalue weighted by Crippen LogP contribution is 2.37. The Morgan fingerprint density at radius 3 is 2.68 bits per heavy atom. The third-order valence-electron chi connectivity index (χ3n) is 5.28. The second kappa shape index (κ2) is 7.34. The number of amides is 1. The molecule has 1 N–H and O–H groups in total. The summed E-state index contributed by atoms with van der Waals surface area (Å²) in [5.74, 6) is 0.738. The van der Waals surface area contributed by atoms with Crippen molar-refractivity contribution in [1.82, 2.24) is 10.2 Å². The number of non-ortho nitro benzene ring substituents is 1. The summed E-state index contributed by atoms with van der Waals surface area (Å²) >= 11 is 0. The minimum atomic E-state index is -0.400. The number of fused-ring (bicyclic) bond motifs is 2. The van der Waals surface area contributed by atoms with Crippen molar-refractivity contribution in [2.75, 3.05) is 20.2 Å². The summed E-state index contributed by atoms with van der Waals surface area (Å²) in [6, 6.07) is 12.6. The lowest BCUT2D eigenvalue weighted by molar-refractivity contribution is -0.384. The fourth-order valence-electron chi connectivity index (χ4n) is 3.87. The fourth-order valence-corrected chi connectivity index (χ4v) is 3.87. The van der Waals surface area contributed by atoms with Gasteiger partial charge < -0.3 is 15.0 Å². The zero-order valence-electron chi connectivity index (χ0n) is 15.6. The number of nitro groups is 1. The Labute approximate surface area is 162 Å². The minimum absolute atomic E-state index is 0.0188. The molecule has 4 rings (SSSR count). The molecule has 7 nitrogen and oxygen atoms in total. The van der Waals surface area contributed by atoms with E-state index in [1.54, 1.807) is 19.2 Å². The van der Waals surface area contributed by atoms with Crippen molar-refractivity contribution in [1.29, 1.82) is 0 Å².